The standard InChI is InChI=1S/C15H22O4S/c1-5-6-12(4)14(15(16)17)20(18,19)13-9-10(2)7-8-11(13)3/h7-9,12,14H,5-6H2,1-4H3,(H,16,17). The Morgan fingerprint density at radius 3 is 2.40 bits per heavy atom. The first-order valence-electron chi connectivity index (χ1n) is 6.75. The summed E-state index contributed by atoms with van der Waals surface area (Å²) in [6.07, 6.45) is 1.33. The van der Waals surface area contributed by atoms with E-state index in [2.05, 4.69) is 0 Å². The molecule has 0 aliphatic rings. The van der Waals surface area contributed by atoms with Crippen molar-refractivity contribution in [2.75, 3.05) is 0 Å². The van der Waals surface area contributed by atoms with Crippen LogP contribution in [0, 0.1) is 19.8 Å². The van der Waals surface area contributed by atoms with Crippen molar-refractivity contribution in [1.82, 2.24) is 0 Å². The van der Waals surface area contributed by atoms with Crippen molar-refractivity contribution in [3.63, 3.8) is 0 Å². The minimum atomic E-state index is -3.87. The number of aliphatic carboxylic acids is 1. The van der Waals surface area contributed by atoms with Gasteiger partial charge >= 0.3 is 5.97 Å². The minimum Gasteiger partial charge on any atom is -0.480 e. The van der Waals surface area contributed by atoms with Gasteiger partial charge in [-0.3, -0.25) is 4.79 Å². The van der Waals surface area contributed by atoms with Crippen molar-refractivity contribution in [2.45, 2.75) is 50.7 Å². The van der Waals surface area contributed by atoms with Crippen LogP contribution in [0.5, 0.6) is 0 Å². The van der Waals surface area contributed by atoms with Crippen LogP contribution in [0.3, 0.4) is 0 Å². The van der Waals surface area contributed by atoms with E-state index in [9.17, 15) is 18.3 Å². The van der Waals surface area contributed by atoms with Crippen LogP contribution < -0.4 is 0 Å². The first-order chi connectivity index (χ1) is 9.21. The van der Waals surface area contributed by atoms with Gasteiger partial charge in [-0.2, -0.15) is 0 Å². The third-order valence-electron chi connectivity index (χ3n) is 3.49. The quantitative estimate of drug-likeness (QED) is 0.876. The molecule has 2 unspecified atom stereocenters. The average Bonchev–Trinajstić information content (AvgIpc) is 2.31. The van der Waals surface area contributed by atoms with Gasteiger partial charge in [-0.1, -0.05) is 32.4 Å². The summed E-state index contributed by atoms with van der Waals surface area (Å²) in [6.45, 7) is 7.09. The molecular formula is C15H22O4S. The molecule has 0 saturated heterocycles. The van der Waals surface area contributed by atoms with Gasteiger partial charge in [0, 0.05) is 0 Å². The number of rotatable bonds is 6. The fourth-order valence-corrected chi connectivity index (χ4v) is 4.59. The molecule has 4 nitrogen and oxygen atoms in total. The topological polar surface area (TPSA) is 71.4 Å². The van der Waals surface area contributed by atoms with E-state index in [0.717, 1.165) is 12.0 Å². The normalized spacial score (nSPS) is 14.8. The predicted molar refractivity (Wildman–Crippen MR) is 78.6 cm³/mol. The Bertz CT molecular complexity index is 590. The summed E-state index contributed by atoms with van der Waals surface area (Å²) in [4.78, 5) is 11.6. The van der Waals surface area contributed by atoms with Crippen molar-refractivity contribution >= 4 is 15.8 Å². The van der Waals surface area contributed by atoms with E-state index >= 15 is 0 Å². The average molecular weight is 298 g/mol. The van der Waals surface area contributed by atoms with Crippen LogP contribution in [-0.4, -0.2) is 24.7 Å². The lowest BCUT2D eigenvalue weighted by atomic mass is 10.0. The van der Waals surface area contributed by atoms with E-state index in [0.29, 0.717) is 12.0 Å². The molecule has 1 aromatic rings. The molecule has 0 aliphatic heterocycles. The lowest BCUT2D eigenvalue weighted by Gasteiger charge is -2.21. The van der Waals surface area contributed by atoms with Gasteiger partial charge in [0.15, 0.2) is 15.1 Å². The third kappa shape index (κ3) is 3.39. The predicted octanol–water partition coefficient (Wildman–Crippen LogP) is 2.97. The molecule has 0 aliphatic carbocycles. The minimum absolute atomic E-state index is 0.132. The summed E-state index contributed by atoms with van der Waals surface area (Å²) in [5, 5.41) is 7.96. The maximum absolute atomic E-state index is 12.7. The lowest BCUT2D eigenvalue weighted by molar-refractivity contribution is -0.137. The van der Waals surface area contributed by atoms with E-state index in [1.165, 1.54) is 0 Å². The summed E-state index contributed by atoms with van der Waals surface area (Å²) < 4.78 is 25.4. The zero-order valence-corrected chi connectivity index (χ0v) is 13.2. The highest BCUT2D eigenvalue weighted by Gasteiger charge is 2.38. The Morgan fingerprint density at radius 2 is 1.90 bits per heavy atom. The number of sulfone groups is 1. The van der Waals surface area contributed by atoms with Crippen LogP contribution in [0.4, 0.5) is 0 Å². The Kier molecular flexibility index (Phi) is 5.34. The second kappa shape index (κ2) is 6.39. The second-order valence-corrected chi connectivity index (χ2v) is 7.38. The van der Waals surface area contributed by atoms with Crippen LogP contribution in [0.25, 0.3) is 0 Å². The fraction of sp³-hybridized carbons (Fsp3) is 0.533. The van der Waals surface area contributed by atoms with Crippen molar-refractivity contribution < 1.29 is 18.3 Å². The molecule has 0 heterocycles. The first kappa shape index (κ1) is 16.7. The van der Waals surface area contributed by atoms with Crippen LogP contribution in [-0.2, 0) is 14.6 Å². The highest BCUT2D eigenvalue weighted by atomic mass is 32.2. The van der Waals surface area contributed by atoms with Crippen LogP contribution in [0.15, 0.2) is 23.1 Å². The van der Waals surface area contributed by atoms with Crippen molar-refractivity contribution in [1.29, 1.82) is 0 Å². The van der Waals surface area contributed by atoms with E-state index in [4.69, 9.17) is 0 Å². The smallest absolute Gasteiger partial charge is 0.322 e. The van der Waals surface area contributed by atoms with Crippen molar-refractivity contribution in [3.05, 3.63) is 29.3 Å². The fourth-order valence-electron chi connectivity index (χ4n) is 2.44. The van der Waals surface area contributed by atoms with Crippen LogP contribution >= 0.6 is 0 Å². The summed E-state index contributed by atoms with van der Waals surface area (Å²) in [5.74, 6) is -1.69. The summed E-state index contributed by atoms with van der Waals surface area (Å²) in [7, 11) is -3.87. The van der Waals surface area contributed by atoms with Gasteiger partial charge in [-0.25, -0.2) is 8.42 Å². The van der Waals surface area contributed by atoms with E-state index in [1.807, 2.05) is 13.0 Å². The molecule has 0 aromatic heterocycles. The van der Waals surface area contributed by atoms with E-state index in [1.54, 1.807) is 32.9 Å². The van der Waals surface area contributed by atoms with Gasteiger partial charge in [0.05, 0.1) is 4.90 Å². The molecule has 0 spiro atoms. The van der Waals surface area contributed by atoms with E-state index < -0.39 is 27.0 Å². The van der Waals surface area contributed by atoms with Gasteiger partial charge in [0.1, 0.15) is 0 Å². The summed E-state index contributed by atoms with van der Waals surface area (Å²) in [6, 6.07) is 5.09. The number of carboxylic acid groups (broad SMARTS) is 1. The Morgan fingerprint density at radius 1 is 1.30 bits per heavy atom. The molecule has 1 aromatic carbocycles. The Labute approximate surface area is 120 Å². The molecule has 5 heteroatoms. The van der Waals surface area contributed by atoms with Gasteiger partial charge in [0.25, 0.3) is 0 Å². The highest BCUT2D eigenvalue weighted by molar-refractivity contribution is 7.92. The molecule has 2 atom stereocenters. The van der Waals surface area contributed by atoms with Gasteiger partial charge < -0.3 is 5.11 Å². The first-order valence-corrected chi connectivity index (χ1v) is 8.30. The summed E-state index contributed by atoms with van der Waals surface area (Å²) in [5.41, 5.74) is 1.40. The zero-order chi connectivity index (χ0) is 15.5. The lowest BCUT2D eigenvalue weighted by Crippen LogP contribution is -2.36. The number of carboxylic acids is 1. The highest BCUT2D eigenvalue weighted by Crippen LogP contribution is 2.27. The molecule has 1 N–H and O–H groups in total. The van der Waals surface area contributed by atoms with Crippen molar-refractivity contribution in [3.8, 4) is 0 Å². The number of aryl methyl sites for hydroxylation is 2. The maximum atomic E-state index is 12.7. The number of hydrogen-bond donors (Lipinski definition) is 1. The second-order valence-electron chi connectivity index (χ2n) is 5.34. The van der Waals surface area contributed by atoms with Crippen LogP contribution in [0.1, 0.15) is 37.8 Å². The molecule has 112 valence electrons. The van der Waals surface area contributed by atoms with Crippen molar-refractivity contribution in [2.24, 2.45) is 5.92 Å². The zero-order valence-electron chi connectivity index (χ0n) is 12.4. The third-order valence-corrected chi connectivity index (χ3v) is 5.88. The maximum Gasteiger partial charge on any atom is 0.322 e. The summed E-state index contributed by atoms with van der Waals surface area (Å²) >= 11 is 0. The molecule has 1 rings (SSSR count). The van der Waals surface area contributed by atoms with Crippen LogP contribution in [0.2, 0.25) is 0 Å². The molecule has 0 radical (unpaired) electrons. The Hall–Kier alpha value is -1.36. The monoisotopic (exact) mass is 298 g/mol. The molecule has 0 amide bonds. The molecule has 0 bridgehead atoms. The number of hydrogen-bond acceptors (Lipinski definition) is 3. The van der Waals surface area contributed by atoms with E-state index in [-0.39, 0.29) is 4.90 Å². The Balaban J connectivity index is 3.37. The van der Waals surface area contributed by atoms with Gasteiger partial charge in [0.2, 0.25) is 0 Å². The molecule has 0 fully saturated rings. The van der Waals surface area contributed by atoms with Gasteiger partial charge in [-0.05, 0) is 43.4 Å². The van der Waals surface area contributed by atoms with Gasteiger partial charge in [-0.15, -0.1) is 0 Å². The molecule has 20 heavy (non-hydrogen) atoms. The number of benzene rings is 1. The SMILES string of the molecule is CCCC(C)C(C(=O)O)S(=O)(=O)c1cc(C)ccc1C. The largest absolute Gasteiger partial charge is 0.480 e. The molecule has 0 saturated carbocycles. The molecular weight excluding hydrogens is 276 g/mol. The number of carbonyl (C=O) groups is 1.